The average Bonchev–Trinajstić information content (AvgIpc) is 2.42. The van der Waals surface area contributed by atoms with Crippen molar-refractivity contribution in [2.45, 2.75) is 38.6 Å². The summed E-state index contributed by atoms with van der Waals surface area (Å²) in [7, 11) is 0. The van der Waals surface area contributed by atoms with Crippen molar-refractivity contribution >= 4 is 24.8 Å². The molecule has 3 nitrogen and oxygen atoms in total. The Morgan fingerprint density at radius 2 is 2.07 bits per heavy atom. The first-order chi connectivity index (χ1) is 6.13. The predicted octanol–water partition coefficient (Wildman–Crippen LogP) is 2.00. The van der Waals surface area contributed by atoms with Crippen molar-refractivity contribution in [3.8, 4) is 0 Å². The second-order valence-electron chi connectivity index (χ2n) is 4.25. The van der Waals surface area contributed by atoms with E-state index >= 15 is 0 Å². The highest BCUT2D eigenvalue weighted by atomic mass is 35.5. The van der Waals surface area contributed by atoms with E-state index in [4.69, 9.17) is 5.73 Å². The van der Waals surface area contributed by atoms with Crippen molar-refractivity contribution in [1.29, 1.82) is 0 Å². The van der Waals surface area contributed by atoms with E-state index in [2.05, 4.69) is 23.8 Å². The molecule has 0 spiro atoms. The zero-order valence-corrected chi connectivity index (χ0v) is 10.6. The van der Waals surface area contributed by atoms with Crippen LogP contribution in [0.2, 0.25) is 0 Å². The largest absolute Gasteiger partial charge is 0.324 e. The van der Waals surface area contributed by atoms with Gasteiger partial charge in [-0.1, -0.05) is 13.8 Å². The molecule has 15 heavy (non-hydrogen) atoms. The van der Waals surface area contributed by atoms with Gasteiger partial charge < -0.3 is 5.73 Å². The van der Waals surface area contributed by atoms with Crippen molar-refractivity contribution in [1.82, 2.24) is 9.97 Å². The van der Waals surface area contributed by atoms with E-state index in [1.54, 1.807) is 0 Å². The van der Waals surface area contributed by atoms with Crippen LogP contribution in [0.3, 0.4) is 0 Å². The van der Waals surface area contributed by atoms with Crippen LogP contribution < -0.4 is 5.73 Å². The van der Waals surface area contributed by atoms with E-state index in [1.165, 1.54) is 17.7 Å². The first kappa shape index (κ1) is 14.6. The van der Waals surface area contributed by atoms with Gasteiger partial charge >= 0.3 is 0 Å². The second-order valence-corrected chi connectivity index (χ2v) is 4.25. The molecule has 2 rings (SSSR count). The molecule has 0 amide bonds. The minimum Gasteiger partial charge on any atom is -0.324 e. The molecule has 0 aromatic carbocycles. The van der Waals surface area contributed by atoms with Crippen molar-refractivity contribution in [3.63, 3.8) is 0 Å². The van der Waals surface area contributed by atoms with Crippen molar-refractivity contribution < 1.29 is 0 Å². The van der Waals surface area contributed by atoms with E-state index in [9.17, 15) is 0 Å². The zero-order valence-electron chi connectivity index (χ0n) is 8.99. The third-order valence-corrected chi connectivity index (χ3v) is 2.76. The second kappa shape index (κ2) is 5.10. The Morgan fingerprint density at radius 3 is 2.67 bits per heavy atom. The fourth-order valence-corrected chi connectivity index (χ4v) is 1.88. The summed E-state index contributed by atoms with van der Waals surface area (Å²) in [4.78, 5) is 8.69. The van der Waals surface area contributed by atoms with E-state index in [0.717, 1.165) is 12.2 Å². The van der Waals surface area contributed by atoms with Crippen LogP contribution in [0.5, 0.6) is 0 Å². The van der Waals surface area contributed by atoms with Crippen LogP contribution in [0.1, 0.15) is 37.4 Å². The molecule has 1 aliphatic rings. The van der Waals surface area contributed by atoms with Gasteiger partial charge in [0, 0.05) is 11.6 Å². The summed E-state index contributed by atoms with van der Waals surface area (Å²) >= 11 is 0. The van der Waals surface area contributed by atoms with Crippen LogP contribution in [0.4, 0.5) is 0 Å². The summed E-state index contributed by atoms with van der Waals surface area (Å²) in [6.45, 7) is 4.89. The van der Waals surface area contributed by atoms with E-state index in [1.807, 2.05) is 6.20 Å². The quantitative estimate of drug-likeness (QED) is 0.829. The molecule has 0 atom stereocenters. The number of rotatable bonds is 1. The standard InChI is InChI=1S/C10H15N3.2ClH/c1-10(2)4-3-7-6-12-8(5-11)13-9(7)10;;/h6H,3-5,11H2,1-2H3;2*1H. The number of nitrogens with two attached hydrogens (primary N) is 1. The smallest absolute Gasteiger partial charge is 0.142 e. The molecule has 0 saturated heterocycles. The normalized spacial score (nSPS) is 16.2. The van der Waals surface area contributed by atoms with Gasteiger partial charge in [0.1, 0.15) is 5.82 Å². The summed E-state index contributed by atoms with van der Waals surface area (Å²) in [5.74, 6) is 0.758. The SMILES string of the molecule is CC1(C)CCc2cnc(CN)nc21.Cl.Cl. The van der Waals surface area contributed by atoms with Crippen LogP contribution in [-0.2, 0) is 18.4 Å². The summed E-state index contributed by atoms with van der Waals surface area (Å²) in [6.07, 6.45) is 4.21. The van der Waals surface area contributed by atoms with Gasteiger partial charge in [-0.05, 0) is 18.4 Å². The first-order valence-electron chi connectivity index (χ1n) is 4.69. The highest BCUT2D eigenvalue weighted by Crippen LogP contribution is 2.36. The van der Waals surface area contributed by atoms with Crippen LogP contribution in [-0.4, -0.2) is 9.97 Å². The van der Waals surface area contributed by atoms with Gasteiger partial charge in [0.25, 0.3) is 0 Å². The van der Waals surface area contributed by atoms with Gasteiger partial charge in [-0.15, -0.1) is 24.8 Å². The van der Waals surface area contributed by atoms with Gasteiger partial charge in [-0.2, -0.15) is 0 Å². The lowest BCUT2D eigenvalue weighted by molar-refractivity contribution is 0.507. The van der Waals surface area contributed by atoms with Crippen molar-refractivity contribution in [3.05, 3.63) is 23.3 Å². The van der Waals surface area contributed by atoms with Gasteiger partial charge in [-0.3, -0.25) is 0 Å². The summed E-state index contributed by atoms with van der Waals surface area (Å²) in [5, 5.41) is 0. The zero-order chi connectivity index (χ0) is 9.47. The maximum absolute atomic E-state index is 5.51. The molecule has 5 heteroatoms. The van der Waals surface area contributed by atoms with Crippen LogP contribution >= 0.6 is 24.8 Å². The fraction of sp³-hybridized carbons (Fsp3) is 0.600. The Hall–Kier alpha value is -0.380. The Labute approximate surface area is 103 Å². The lowest BCUT2D eigenvalue weighted by Gasteiger charge is -2.17. The summed E-state index contributed by atoms with van der Waals surface area (Å²) in [6, 6.07) is 0. The highest BCUT2D eigenvalue weighted by Gasteiger charge is 2.31. The lowest BCUT2D eigenvalue weighted by atomic mass is 9.91. The van der Waals surface area contributed by atoms with E-state index in [-0.39, 0.29) is 30.2 Å². The molecule has 2 N–H and O–H groups in total. The maximum Gasteiger partial charge on any atom is 0.142 e. The fourth-order valence-electron chi connectivity index (χ4n) is 1.88. The minimum atomic E-state index is 0. The molecule has 0 fully saturated rings. The molecular weight excluding hydrogens is 233 g/mol. The van der Waals surface area contributed by atoms with Crippen LogP contribution in [0.15, 0.2) is 6.20 Å². The molecule has 1 aliphatic carbocycles. The molecule has 1 aromatic rings. The Bertz CT molecular complexity index is 339. The molecule has 1 heterocycles. The van der Waals surface area contributed by atoms with Gasteiger partial charge in [0.15, 0.2) is 0 Å². The minimum absolute atomic E-state index is 0. The van der Waals surface area contributed by atoms with Gasteiger partial charge in [0.2, 0.25) is 0 Å². The number of aryl methyl sites for hydroxylation is 1. The number of halogens is 2. The van der Waals surface area contributed by atoms with Crippen molar-refractivity contribution in [2.24, 2.45) is 5.73 Å². The third kappa shape index (κ3) is 2.60. The Morgan fingerprint density at radius 1 is 1.40 bits per heavy atom. The molecule has 0 unspecified atom stereocenters. The summed E-state index contributed by atoms with van der Waals surface area (Å²) < 4.78 is 0. The Kier molecular flexibility index (Phi) is 4.97. The Balaban J connectivity index is 0.000000980. The topological polar surface area (TPSA) is 51.8 Å². The maximum atomic E-state index is 5.51. The average molecular weight is 250 g/mol. The van der Waals surface area contributed by atoms with Gasteiger partial charge in [-0.25, -0.2) is 9.97 Å². The van der Waals surface area contributed by atoms with Crippen LogP contribution in [0, 0.1) is 0 Å². The predicted molar refractivity (Wildman–Crippen MR) is 65.8 cm³/mol. The van der Waals surface area contributed by atoms with E-state index < -0.39 is 0 Å². The molecule has 1 aromatic heterocycles. The highest BCUT2D eigenvalue weighted by molar-refractivity contribution is 5.85. The molecular formula is C10H17Cl2N3. The molecule has 0 saturated carbocycles. The molecule has 86 valence electrons. The lowest BCUT2D eigenvalue weighted by Crippen LogP contribution is -2.16. The number of aromatic nitrogens is 2. The molecule has 0 bridgehead atoms. The van der Waals surface area contributed by atoms with Gasteiger partial charge in [0.05, 0.1) is 12.2 Å². The molecule has 0 aliphatic heterocycles. The number of fused-ring (bicyclic) bond motifs is 1. The number of hydrogen-bond donors (Lipinski definition) is 1. The monoisotopic (exact) mass is 249 g/mol. The van der Waals surface area contributed by atoms with E-state index in [0.29, 0.717) is 6.54 Å². The first-order valence-corrected chi connectivity index (χ1v) is 4.69. The number of nitrogens with zero attached hydrogens (tertiary/aromatic N) is 2. The van der Waals surface area contributed by atoms with Crippen molar-refractivity contribution in [2.75, 3.05) is 0 Å². The third-order valence-electron chi connectivity index (χ3n) is 2.76. The van der Waals surface area contributed by atoms with Crippen LogP contribution in [0.25, 0.3) is 0 Å². The summed E-state index contributed by atoms with van der Waals surface area (Å²) in [5.41, 5.74) is 8.21. The molecule has 0 radical (unpaired) electrons. The number of hydrogen-bond acceptors (Lipinski definition) is 3.